The van der Waals surface area contributed by atoms with Gasteiger partial charge in [0.1, 0.15) is 12.5 Å². The molecule has 0 heterocycles. The summed E-state index contributed by atoms with van der Waals surface area (Å²) in [5, 5.41) is 5.48. The zero-order valence-electron chi connectivity index (χ0n) is 14.4. The molecular weight excluding hydrogens is 332 g/mol. The van der Waals surface area contributed by atoms with Gasteiger partial charge in [0.25, 0.3) is 11.8 Å². The molecule has 0 spiro atoms. The van der Waals surface area contributed by atoms with Gasteiger partial charge in [0.2, 0.25) is 0 Å². The van der Waals surface area contributed by atoms with Crippen molar-refractivity contribution >= 4 is 11.8 Å². The Balaban J connectivity index is 1.51. The predicted molar refractivity (Wildman–Crippen MR) is 97.6 cm³/mol. The molecule has 0 aliphatic heterocycles. The van der Waals surface area contributed by atoms with Crippen LogP contribution in [0.2, 0.25) is 0 Å². The van der Waals surface area contributed by atoms with Gasteiger partial charge in [0.05, 0.1) is 0 Å². The molecule has 0 saturated carbocycles. The van der Waals surface area contributed by atoms with Gasteiger partial charge in [-0.1, -0.05) is 60.7 Å². The van der Waals surface area contributed by atoms with Crippen molar-refractivity contribution in [1.29, 1.82) is 0 Å². The third-order valence-corrected chi connectivity index (χ3v) is 3.34. The maximum absolute atomic E-state index is 11.6. The lowest BCUT2D eigenvalue weighted by atomic mass is 10.2. The second-order valence-electron chi connectivity index (χ2n) is 5.42. The van der Waals surface area contributed by atoms with E-state index in [1.165, 1.54) is 12.5 Å². The van der Waals surface area contributed by atoms with Gasteiger partial charge in [-0.25, -0.2) is 0 Å². The van der Waals surface area contributed by atoms with Crippen LogP contribution in [0.3, 0.4) is 0 Å². The van der Waals surface area contributed by atoms with Gasteiger partial charge in [0.15, 0.2) is 13.2 Å². The van der Waals surface area contributed by atoms with Crippen molar-refractivity contribution in [3.8, 4) is 0 Å². The lowest BCUT2D eigenvalue weighted by Crippen LogP contribution is -2.26. The highest BCUT2D eigenvalue weighted by Gasteiger charge is 2.01. The number of hydrogen-bond donors (Lipinski definition) is 2. The van der Waals surface area contributed by atoms with Crippen molar-refractivity contribution in [2.75, 3.05) is 13.2 Å². The van der Waals surface area contributed by atoms with E-state index < -0.39 is 0 Å². The van der Waals surface area contributed by atoms with Gasteiger partial charge in [-0.15, -0.1) is 0 Å². The van der Waals surface area contributed by atoms with E-state index in [2.05, 4.69) is 10.6 Å². The Bertz CT molecular complexity index is 641. The van der Waals surface area contributed by atoms with Crippen LogP contribution in [-0.2, 0) is 32.2 Å². The zero-order valence-corrected chi connectivity index (χ0v) is 14.4. The summed E-state index contributed by atoms with van der Waals surface area (Å²) in [7, 11) is 0. The molecule has 0 fully saturated rings. The first-order valence-electron chi connectivity index (χ1n) is 8.23. The van der Waals surface area contributed by atoms with Gasteiger partial charge in [-0.3, -0.25) is 9.59 Å². The maximum Gasteiger partial charge on any atom is 0.258 e. The average molecular weight is 354 g/mol. The Morgan fingerprint density at radius 1 is 0.692 bits per heavy atom. The van der Waals surface area contributed by atoms with Gasteiger partial charge < -0.3 is 20.1 Å². The van der Waals surface area contributed by atoms with Crippen molar-refractivity contribution in [2.24, 2.45) is 0 Å². The summed E-state index contributed by atoms with van der Waals surface area (Å²) in [5.41, 5.74) is 2.03. The lowest BCUT2D eigenvalue weighted by Gasteiger charge is -2.06. The smallest absolute Gasteiger partial charge is 0.258 e. The van der Waals surface area contributed by atoms with Gasteiger partial charge >= 0.3 is 0 Å². The highest BCUT2D eigenvalue weighted by Crippen LogP contribution is 1.98. The van der Waals surface area contributed by atoms with Crippen LogP contribution < -0.4 is 10.6 Å². The highest BCUT2D eigenvalue weighted by atomic mass is 16.5. The van der Waals surface area contributed by atoms with Crippen LogP contribution in [0.5, 0.6) is 0 Å². The first-order chi connectivity index (χ1) is 12.7. The molecule has 2 amide bonds. The summed E-state index contributed by atoms with van der Waals surface area (Å²) < 4.78 is 10.1. The minimum atomic E-state index is -0.237. The van der Waals surface area contributed by atoms with E-state index in [1.807, 2.05) is 60.7 Å². The summed E-state index contributed by atoms with van der Waals surface area (Å²) in [4.78, 5) is 23.2. The molecule has 0 aliphatic rings. The number of carbonyl (C=O) groups is 2. The van der Waals surface area contributed by atoms with E-state index >= 15 is 0 Å². The Morgan fingerprint density at radius 2 is 1.08 bits per heavy atom. The Morgan fingerprint density at radius 3 is 1.46 bits per heavy atom. The van der Waals surface area contributed by atoms with Crippen molar-refractivity contribution < 1.29 is 19.1 Å². The molecule has 2 aromatic rings. The molecule has 0 bridgehead atoms. The van der Waals surface area contributed by atoms with Crippen LogP contribution in [0.1, 0.15) is 11.1 Å². The molecule has 6 nitrogen and oxygen atoms in total. The Labute approximate surface area is 152 Å². The molecular formula is C20H22N2O4. The van der Waals surface area contributed by atoms with E-state index in [9.17, 15) is 9.59 Å². The quantitative estimate of drug-likeness (QED) is 0.641. The number of nitrogens with one attached hydrogen (secondary N) is 2. The van der Waals surface area contributed by atoms with Gasteiger partial charge in [-0.05, 0) is 11.1 Å². The molecule has 0 radical (unpaired) electrons. The van der Waals surface area contributed by atoms with E-state index in [0.717, 1.165) is 11.1 Å². The average Bonchev–Trinajstić information content (AvgIpc) is 2.69. The fraction of sp³-hybridized carbons (Fsp3) is 0.200. The molecule has 6 heteroatoms. The van der Waals surface area contributed by atoms with Gasteiger partial charge in [-0.2, -0.15) is 0 Å². The Hall–Kier alpha value is -3.28. The summed E-state index contributed by atoms with van der Waals surface area (Å²) in [6.07, 6.45) is 2.49. The fourth-order valence-electron chi connectivity index (χ4n) is 2.02. The minimum absolute atomic E-state index is 0.118. The first-order valence-corrected chi connectivity index (χ1v) is 8.23. The molecule has 2 aromatic carbocycles. The Kier molecular flexibility index (Phi) is 8.28. The highest BCUT2D eigenvalue weighted by molar-refractivity contribution is 5.77. The summed E-state index contributed by atoms with van der Waals surface area (Å²) in [6, 6.07) is 19.2. The van der Waals surface area contributed by atoms with Crippen LogP contribution in [0.15, 0.2) is 73.2 Å². The molecule has 136 valence electrons. The third-order valence-electron chi connectivity index (χ3n) is 3.34. The van der Waals surface area contributed by atoms with Crippen LogP contribution in [-0.4, -0.2) is 25.0 Å². The molecule has 0 aromatic heterocycles. The second kappa shape index (κ2) is 11.3. The van der Waals surface area contributed by atoms with Crippen LogP contribution >= 0.6 is 0 Å². The van der Waals surface area contributed by atoms with Crippen molar-refractivity contribution in [3.05, 3.63) is 84.3 Å². The summed E-state index contributed by atoms with van der Waals surface area (Å²) in [5.74, 6) is -0.474. The van der Waals surface area contributed by atoms with Gasteiger partial charge in [0, 0.05) is 13.1 Å². The standard InChI is InChI=1S/C20H22N2O4/c23-19(21-13-17-7-3-1-4-8-17)15-25-11-12-26-16-20(24)22-14-18-9-5-2-6-10-18/h1-12H,13-16H2,(H,21,23)(H,22,24)/b12-11+. The SMILES string of the molecule is O=C(CO/C=C/OCC(=O)NCc1ccccc1)NCc1ccccc1. The van der Waals surface area contributed by atoms with E-state index in [4.69, 9.17) is 9.47 Å². The molecule has 2 N–H and O–H groups in total. The van der Waals surface area contributed by atoms with Crippen LogP contribution in [0, 0.1) is 0 Å². The molecule has 0 atom stereocenters. The number of rotatable bonds is 10. The molecule has 0 saturated heterocycles. The van der Waals surface area contributed by atoms with Crippen LogP contribution in [0.25, 0.3) is 0 Å². The summed E-state index contributed by atoms with van der Waals surface area (Å²) in [6.45, 7) is 0.662. The monoisotopic (exact) mass is 354 g/mol. The number of hydrogen-bond acceptors (Lipinski definition) is 4. The molecule has 0 aliphatic carbocycles. The van der Waals surface area contributed by atoms with E-state index in [-0.39, 0.29) is 25.0 Å². The second-order valence-corrected chi connectivity index (χ2v) is 5.42. The van der Waals surface area contributed by atoms with Crippen molar-refractivity contribution in [1.82, 2.24) is 10.6 Å². The third kappa shape index (κ3) is 8.01. The van der Waals surface area contributed by atoms with E-state index in [0.29, 0.717) is 13.1 Å². The number of ether oxygens (including phenoxy) is 2. The largest absolute Gasteiger partial charge is 0.488 e. The lowest BCUT2D eigenvalue weighted by molar-refractivity contribution is -0.125. The molecule has 26 heavy (non-hydrogen) atoms. The zero-order chi connectivity index (χ0) is 18.5. The predicted octanol–water partition coefficient (Wildman–Crippen LogP) is 2.12. The maximum atomic E-state index is 11.6. The molecule has 0 unspecified atom stereocenters. The van der Waals surface area contributed by atoms with E-state index in [1.54, 1.807) is 0 Å². The topological polar surface area (TPSA) is 76.7 Å². The number of benzene rings is 2. The summed E-state index contributed by atoms with van der Waals surface area (Å²) >= 11 is 0. The fourth-order valence-corrected chi connectivity index (χ4v) is 2.02. The number of amides is 2. The normalized spacial score (nSPS) is 10.3. The first kappa shape index (κ1) is 19.1. The molecule has 2 rings (SSSR count). The van der Waals surface area contributed by atoms with Crippen LogP contribution in [0.4, 0.5) is 0 Å². The van der Waals surface area contributed by atoms with Crippen molar-refractivity contribution in [2.45, 2.75) is 13.1 Å². The van der Waals surface area contributed by atoms with Crippen molar-refractivity contribution in [3.63, 3.8) is 0 Å². The number of carbonyl (C=O) groups excluding carboxylic acids is 2. The minimum Gasteiger partial charge on any atom is -0.488 e.